The number of hydrogen-bond acceptors (Lipinski definition) is 1. The molecule has 0 heterocycles. The molecular weight excluding hydrogens is 309 g/mol. The Bertz CT molecular complexity index is 513. The normalized spacial score (nSPS) is 21.4. The molecule has 1 aliphatic carbocycles. The molecule has 1 saturated carbocycles. The molecule has 1 amide bonds. The summed E-state index contributed by atoms with van der Waals surface area (Å²) in [6.45, 7) is 6.11. The monoisotopic (exact) mass is 327 g/mol. The van der Waals surface area contributed by atoms with Crippen molar-refractivity contribution in [3.05, 3.63) is 28.0 Å². The zero-order valence-corrected chi connectivity index (χ0v) is 13.1. The molecule has 4 heteroatoms. The fourth-order valence-electron chi connectivity index (χ4n) is 2.81. The molecule has 104 valence electrons. The van der Waals surface area contributed by atoms with E-state index in [1.165, 1.54) is 6.07 Å². The highest BCUT2D eigenvalue weighted by molar-refractivity contribution is 9.10. The SMILES string of the molecule is Cc1cc(Br)c(F)cc1NC(=O)C1CCCC1(C)C. The van der Waals surface area contributed by atoms with Crippen LogP contribution in [0.15, 0.2) is 16.6 Å². The van der Waals surface area contributed by atoms with Gasteiger partial charge in [-0.05, 0) is 58.8 Å². The number of carbonyl (C=O) groups excluding carboxylic acids is 1. The van der Waals surface area contributed by atoms with Crippen molar-refractivity contribution in [3.8, 4) is 0 Å². The quantitative estimate of drug-likeness (QED) is 0.840. The molecule has 0 aromatic heterocycles. The molecule has 2 nitrogen and oxygen atoms in total. The van der Waals surface area contributed by atoms with Crippen LogP contribution in [-0.2, 0) is 4.79 Å². The van der Waals surface area contributed by atoms with Crippen molar-refractivity contribution in [2.45, 2.75) is 40.0 Å². The first-order chi connectivity index (χ1) is 8.81. The maximum absolute atomic E-state index is 13.5. The summed E-state index contributed by atoms with van der Waals surface area (Å²) < 4.78 is 14.0. The van der Waals surface area contributed by atoms with Crippen LogP contribution in [0.1, 0.15) is 38.7 Å². The van der Waals surface area contributed by atoms with Crippen LogP contribution in [0.25, 0.3) is 0 Å². The maximum atomic E-state index is 13.5. The molecule has 1 fully saturated rings. The van der Waals surface area contributed by atoms with Gasteiger partial charge in [0.2, 0.25) is 5.91 Å². The molecule has 1 aliphatic rings. The zero-order chi connectivity index (χ0) is 14.2. The lowest BCUT2D eigenvalue weighted by Crippen LogP contribution is -2.31. The van der Waals surface area contributed by atoms with Crippen LogP contribution in [0.2, 0.25) is 0 Å². The lowest BCUT2D eigenvalue weighted by atomic mass is 9.81. The summed E-state index contributed by atoms with van der Waals surface area (Å²) in [6, 6.07) is 3.06. The van der Waals surface area contributed by atoms with E-state index in [4.69, 9.17) is 0 Å². The molecule has 0 bridgehead atoms. The standard InChI is InChI=1S/C15H19BrFNO/c1-9-7-11(16)12(17)8-13(9)18-14(19)10-5-4-6-15(10,2)3/h7-8,10H,4-6H2,1-3H3,(H,18,19). The van der Waals surface area contributed by atoms with Gasteiger partial charge in [0, 0.05) is 11.6 Å². The number of benzene rings is 1. The van der Waals surface area contributed by atoms with Crippen molar-refractivity contribution < 1.29 is 9.18 Å². The van der Waals surface area contributed by atoms with Gasteiger partial charge in [0.1, 0.15) is 5.82 Å². The summed E-state index contributed by atoms with van der Waals surface area (Å²) in [5.41, 5.74) is 1.46. The van der Waals surface area contributed by atoms with Gasteiger partial charge >= 0.3 is 0 Å². The Morgan fingerprint density at radius 1 is 1.47 bits per heavy atom. The molecule has 1 N–H and O–H groups in total. The Kier molecular flexibility index (Phi) is 4.00. The fraction of sp³-hybridized carbons (Fsp3) is 0.533. The average Bonchev–Trinajstić information content (AvgIpc) is 2.65. The Labute approximate surface area is 121 Å². The smallest absolute Gasteiger partial charge is 0.228 e. The predicted molar refractivity (Wildman–Crippen MR) is 78.6 cm³/mol. The lowest BCUT2D eigenvalue weighted by molar-refractivity contribution is -0.122. The van der Waals surface area contributed by atoms with Gasteiger partial charge < -0.3 is 5.32 Å². The second kappa shape index (κ2) is 5.23. The summed E-state index contributed by atoms with van der Waals surface area (Å²) >= 11 is 3.14. The molecule has 0 aliphatic heterocycles. The number of carbonyl (C=O) groups is 1. The van der Waals surface area contributed by atoms with Crippen molar-refractivity contribution in [2.24, 2.45) is 11.3 Å². The molecule has 19 heavy (non-hydrogen) atoms. The number of halogens is 2. The third-order valence-corrected chi connectivity index (χ3v) is 4.71. The van der Waals surface area contributed by atoms with Crippen molar-refractivity contribution in [1.82, 2.24) is 0 Å². The van der Waals surface area contributed by atoms with Gasteiger partial charge in [0.05, 0.1) is 4.47 Å². The summed E-state index contributed by atoms with van der Waals surface area (Å²) in [6.07, 6.45) is 3.06. The Morgan fingerprint density at radius 3 is 2.74 bits per heavy atom. The van der Waals surface area contributed by atoms with Crippen LogP contribution in [0.5, 0.6) is 0 Å². The first-order valence-corrected chi connectivity index (χ1v) is 7.37. The first-order valence-electron chi connectivity index (χ1n) is 6.58. The molecule has 2 rings (SSSR count). The van der Waals surface area contributed by atoms with E-state index in [2.05, 4.69) is 35.1 Å². The van der Waals surface area contributed by atoms with Gasteiger partial charge in [-0.3, -0.25) is 4.79 Å². The van der Waals surface area contributed by atoms with Crippen LogP contribution in [-0.4, -0.2) is 5.91 Å². The largest absolute Gasteiger partial charge is 0.325 e. The van der Waals surface area contributed by atoms with E-state index in [0.717, 1.165) is 24.8 Å². The minimum atomic E-state index is -0.355. The number of aryl methyl sites for hydroxylation is 1. The van der Waals surface area contributed by atoms with Gasteiger partial charge in [0.15, 0.2) is 0 Å². The van der Waals surface area contributed by atoms with Crippen molar-refractivity contribution in [2.75, 3.05) is 5.32 Å². The number of anilines is 1. The molecule has 1 aromatic rings. The van der Waals surface area contributed by atoms with Crippen molar-refractivity contribution in [3.63, 3.8) is 0 Å². The van der Waals surface area contributed by atoms with E-state index in [-0.39, 0.29) is 23.1 Å². The molecular formula is C15H19BrFNO. The van der Waals surface area contributed by atoms with Crippen LogP contribution in [0.3, 0.4) is 0 Å². The number of nitrogens with one attached hydrogen (secondary N) is 1. The summed E-state index contributed by atoms with van der Waals surface area (Å²) in [4.78, 5) is 12.3. The molecule has 0 radical (unpaired) electrons. The van der Waals surface area contributed by atoms with Gasteiger partial charge in [0.25, 0.3) is 0 Å². The molecule has 1 aromatic carbocycles. The summed E-state index contributed by atoms with van der Waals surface area (Å²) in [5, 5.41) is 2.88. The zero-order valence-electron chi connectivity index (χ0n) is 11.5. The van der Waals surface area contributed by atoms with E-state index in [1.807, 2.05) is 6.92 Å². The Morgan fingerprint density at radius 2 is 2.16 bits per heavy atom. The molecule has 0 spiro atoms. The average molecular weight is 328 g/mol. The fourth-order valence-corrected chi connectivity index (χ4v) is 3.27. The first kappa shape index (κ1) is 14.5. The third kappa shape index (κ3) is 2.99. The second-order valence-corrected chi connectivity index (χ2v) is 6.86. The number of amides is 1. The van der Waals surface area contributed by atoms with Gasteiger partial charge in [-0.25, -0.2) is 4.39 Å². The van der Waals surface area contributed by atoms with Crippen LogP contribution in [0.4, 0.5) is 10.1 Å². The predicted octanol–water partition coefficient (Wildman–Crippen LogP) is 4.66. The lowest BCUT2D eigenvalue weighted by Gasteiger charge is -2.26. The molecule has 0 saturated heterocycles. The summed E-state index contributed by atoms with van der Waals surface area (Å²) in [7, 11) is 0. The highest BCUT2D eigenvalue weighted by Gasteiger charge is 2.39. The molecule has 1 unspecified atom stereocenters. The van der Waals surface area contributed by atoms with Crippen molar-refractivity contribution in [1.29, 1.82) is 0 Å². The highest BCUT2D eigenvalue weighted by Crippen LogP contribution is 2.43. The Hall–Kier alpha value is -0.900. The summed E-state index contributed by atoms with van der Waals surface area (Å²) in [5.74, 6) is -0.336. The maximum Gasteiger partial charge on any atom is 0.228 e. The van der Waals surface area contributed by atoms with Crippen LogP contribution in [0, 0.1) is 24.1 Å². The van der Waals surface area contributed by atoms with E-state index < -0.39 is 0 Å². The van der Waals surface area contributed by atoms with Crippen molar-refractivity contribution >= 4 is 27.5 Å². The van der Waals surface area contributed by atoms with E-state index >= 15 is 0 Å². The minimum absolute atomic E-state index is 0.00678. The van der Waals surface area contributed by atoms with E-state index in [0.29, 0.717) is 10.2 Å². The van der Waals surface area contributed by atoms with Crippen LogP contribution >= 0.6 is 15.9 Å². The number of hydrogen-bond donors (Lipinski definition) is 1. The number of rotatable bonds is 2. The van der Waals surface area contributed by atoms with E-state index in [9.17, 15) is 9.18 Å². The minimum Gasteiger partial charge on any atom is -0.325 e. The van der Waals surface area contributed by atoms with Gasteiger partial charge in [-0.2, -0.15) is 0 Å². The van der Waals surface area contributed by atoms with E-state index in [1.54, 1.807) is 6.07 Å². The second-order valence-electron chi connectivity index (χ2n) is 6.00. The van der Waals surface area contributed by atoms with Gasteiger partial charge in [-0.1, -0.05) is 20.3 Å². The Balaban J connectivity index is 2.18. The topological polar surface area (TPSA) is 29.1 Å². The molecule has 1 atom stereocenters. The van der Waals surface area contributed by atoms with Gasteiger partial charge in [-0.15, -0.1) is 0 Å². The van der Waals surface area contributed by atoms with Crippen LogP contribution < -0.4 is 5.32 Å². The highest BCUT2D eigenvalue weighted by atomic mass is 79.9. The third-order valence-electron chi connectivity index (χ3n) is 4.10.